The van der Waals surface area contributed by atoms with Crippen molar-refractivity contribution in [1.82, 2.24) is 0 Å². The average molecular weight is 373 g/mol. The third-order valence-corrected chi connectivity index (χ3v) is 4.25. The highest BCUT2D eigenvalue weighted by atomic mass is 35.5. The van der Waals surface area contributed by atoms with Crippen molar-refractivity contribution in [3.05, 3.63) is 53.1 Å². The molecule has 0 aliphatic carbocycles. The number of halogens is 1. The summed E-state index contributed by atoms with van der Waals surface area (Å²) in [5.74, 6) is -0.0626. The Kier molecular flexibility index (Phi) is 5.23. The average Bonchev–Trinajstić information content (AvgIpc) is 2.62. The summed E-state index contributed by atoms with van der Waals surface area (Å²) in [4.78, 5) is 37.5. The van der Waals surface area contributed by atoms with Crippen molar-refractivity contribution in [3.8, 4) is 5.75 Å². The van der Waals surface area contributed by atoms with Crippen LogP contribution in [0, 0.1) is 0 Å². The molecule has 2 aromatic rings. The van der Waals surface area contributed by atoms with Crippen LogP contribution in [0.3, 0.4) is 0 Å². The van der Waals surface area contributed by atoms with Gasteiger partial charge in [0.05, 0.1) is 5.69 Å². The fraction of sp³-hybridized carbons (Fsp3) is 0.211. The highest BCUT2D eigenvalue weighted by Crippen LogP contribution is 2.33. The molecule has 1 heterocycles. The number of amides is 2. The normalized spacial score (nSPS) is 13.0. The van der Waals surface area contributed by atoms with Crippen LogP contribution in [0.25, 0.3) is 0 Å². The second-order valence-electron chi connectivity index (χ2n) is 5.88. The van der Waals surface area contributed by atoms with Crippen molar-refractivity contribution < 1.29 is 19.1 Å². The quantitative estimate of drug-likeness (QED) is 0.817. The first-order valence-corrected chi connectivity index (χ1v) is 8.45. The summed E-state index contributed by atoms with van der Waals surface area (Å²) in [6, 6.07) is 11.7. The Bertz CT molecular complexity index is 864. The van der Waals surface area contributed by atoms with E-state index in [1.165, 1.54) is 11.8 Å². The molecular weight excluding hydrogens is 356 g/mol. The molecule has 134 valence electrons. The van der Waals surface area contributed by atoms with Crippen LogP contribution >= 0.6 is 11.6 Å². The van der Waals surface area contributed by atoms with Crippen LogP contribution in [0.2, 0.25) is 5.02 Å². The minimum Gasteiger partial charge on any atom is -0.482 e. The van der Waals surface area contributed by atoms with Crippen LogP contribution < -0.4 is 15.0 Å². The molecule has 2 aromatic carbocycles. The van der Waals surface area contributed by atoms with Gasteiger partial charge in [0, 0.05) is 29.2 Å². The molecule has 26 heavy (non-hydrogen) atoms. The molecule has 0 fully saturated rings. The number of hydrogen-bond donors (Lipinski definition) is 1. The molecule has 0 bridgehead atoms. The van der Waals surface area contributed by atoms with E-state index in [0.29, 0.717) is 27.7 Å². The fourth-order valence-electron chi connectivity index (χ4n) is 2.64. The Morgan fingerprint density at radius 2 is 1.92 bits per heavy atom. The van der Waals surface area contributed by atoms with Crippen molar-refractivity contribution in [2.24, 2.45) is 0 Å². The number of carbonyl (C=O) groups is 3. The lowest BCUT2D eigenvalue weighted by Gasteiger charge is -2.29. The molecule has 3 rings (SSSR count). The fourth-order valence-corrected chi connectivity index (χ4v) is 2.76. The minimum atomic E-state index is -0.252. The zero-order chi connectivity index (χ0) is 18.7. The largest absolute Gasteiger partial charge is 0.482 e. The van der Waals surface area contributed by atoms with E-state index in [-0.39, 0.29) is 37.2 Å². The number of anilines is 2. The van der Waals surface area contributed by atoms with Crippen LogP contribution in [0.1, 0.15) is 23.7 Å². The van der Waals surface area contributed by atoms with Gasteiger partial charge in [-0.2, -0.15) is 0 Å². The number of hydrogen-bond acceptors (Lipinski definition) is 4. The summed E-state index contributed by atoms with van der Waals surface area (Å²) in [5, 5.41) is 3.34. The van der Waals surface area contributed by atoms with Gasteiger partial charge in [0.25, 0.3) is 5.91 Å². The maximum atomic E-state index is 12.2. The van der Waals surface area contributed by atoms with Crippen molar-refractivity contribution in [2.75, 3.05) is 23.4 Å². The second-order valence-corrected chi connectivity index (χ2v) is 6.31. The van der Waals surface area contributed by atoms with Crippen LogP contribution in [0.5, 0.6) is 5.75 Å². The van der Waals surface area contributed by atoms with Crippen LogP contribution in [0.4, 0.5) is 11.4 Å². The lowest BCUT2D eigenvalue weighted by atomic mass is 10.1. The lowest BCUT2D eigenvalue weighted by molar-refractivity contribution is -0.121. The molecule has 1 N–H and O–H groups in total. The van der Waals surface area contributed by atoms with Gasteiger partial charge in [0.2, 0.25) is 5.91 Å². The van der Waals surface area contributed by atoms with Gasteiger partial charge in [0.15, 0.2) is 12.4 Å². The van der Waals surface area contributed by atoms with Gasteiger partial charge in [-0.05, 0) is 49.4 Å². The number of nitrogens with zero attached hydrogens (tertiary/aromatic N) is 1. The number of rotatable bonds is 5. The molecule has 0 aromatic heterocycles. The number of ether oxygens (including phenoxy) is 1. The van der Waals surface area contributed by atoms with Crippen LogP contribution in [-0.2, 0) is 9.59 Å². The molecule has 7 heteroatoms. The van der Waals surface area contributed by atoms with Crippen LogP contribution in [-0.4, -0.2) is 30.7 Å². The molecule has 0 spiro atoms. The number of nitrogens with one attached hydrogen (secondary N) is 1. The van der Waals surface area contributed by atoms with Gasteiger partial charge >= 0.3 is 0 Å². The minimum absolute atomic E-state index is 0.0920. The van der Waals surface area contributed by atoms with Crippen molar-refractivity contribution in [2.45, 2.75) is 13.3 Å². The topological polar surface area (TPSA) is 75.7 Å². The Balaban J connectivity index is 1.70. The molecule has 0 saturated carbocycles. The van der Waals surface area contributed by atoms with Crippen LogP contribution in [0.15, 0.2) is 42.5 Å². The number of carbonyl (C=O) groups excluding carboxylic acids is 3. The molecule has 0 unspecified atom stereocenters. The molecule has 6 nitrogen and oxygen atoms in total. The molecule has 0 saturated heterocycles. The number of Topliss-reactive ketones (excluding diaryl/α,β-unsaturated/α-hetero) is 1. The summed E-state index contributed by atoms with van der Waals surface area (Å²) in [7, 11) is 0. The first kappa shape index (κ1) is 17.9. The first-order chi connectivity index (χ1) is 12.4. The molecule has 1 aliphatic heterocycles. The third kappa shape index (κ3) is 4.03. The van der Waals surface area contributed by atoms with Gasteiger partial charge in [-0.25, -0.2) is 0 Å². The highest BCUT2D eigenvalue weighted by Gasteiger charge is 2.26. The number of fused-ring (bicyclic) bond motifs is 1. The van der Waals surface area contributed by atoms with E-state index >= 15 is 0 Å². The zero-order valence-corrected chi connectivity index (χ0v) is 14.9. The zero-order valence-electron chi connectivity index (χ0n) is 14.1. The van der Waals surface area contributed by atoms with Gasteiger partial charge in [-0.3, -0.25) is 14.4 Å². The van der Waals surface area contributed by atoms with Gasteiger partial charge < -0.3 is 15.0 Å². The van der Waals surface area contributed by atoms with E-state index in [2.05, 4.69) is 5.32 Å². The smallest absolute Gasteiger partial charge is 0.265 e. The monoisotopic (exact) mass is 372 g/mol. The summed E-state index contributed by atoms with van der Waals surface area (Å²) in [5.41, 5.74) is 1.62. The van der Waals surface area contributed by atoms with E-state index in [1.54, 1.807) is 42.5 Å². The Hall–Kier alpha value is -2.86. The Morgan fingerprint density at radius 3 is 2.62 bits per heavy atom. The van der Waals surface area contributed by atoms with E-state index in [9.17, 15) is 14.4 Å². The van der Waals surface area contributed by atoms with Crippen molar-refractivity contribution >= 4 is 40.6 Å². The molecule has 1 aliphatic rings. The van der Waals surface area contributed by atoms with Gasteiger partial charge in [-0.15, -0.1) is 0 Å². The van der Waals surface area contributed by atoms with Crippen molar-refractivity contribution in [3.63, 3.8) is 0 Å². The van der Waals surface area contributed by atoms with E-state index in [4.69, 9.17) is 16.3 Å². The number of benzene rings is 2. The molecule has 2 amide bonds. The summed E-state index contributed by atoms with van der Waals surface area (Å²) in [6.07, 6.45) is 0.109. The maximum absolute atomic E-state index is 12.2. The Morgan fingerprint density at radius 1 is 1.19 bits per heavy atom. The van der Waals surface area contributed by atoms with E-state index in [0.717, 1.165) is 0 Å². The van der Waals surface area contributed by atoms with Gasteiger partial charge in [0.1, 0.15) is 5.75 Å². The number of ketones is 1. The first-order valence-electron chi connectivity index (χ1n) is 8.07. The highest BCUT2D eigenvalue weighted by molar-refractivity contribution is 6.30. The van der Waals surface area contributed by atoms with Crippen molar-refractivity contribution in [1.29, 1.82) is 0 Å². The maximum Gasteiger partial charge on any atom is 0.265 e. The summed E-state index contributed by atoms with van der Waals surface area (Å²) >= 11 is 5.82. The van der Waals surface area contributed by atoms with E-state index in [1.807, 2.05) is 0 Å². The standard InChI is InChI=1S/C19H17ClN2O4/c1-12(23)13-2-7-17-16(10-13)22(19(25)11-26-17)9-8-18(24)21-15-5-3-14(20)4-6-15/h2-7,10H,8-9,11H2,1H3,(H,21,24). The molecular formula is C19H17ClN2O4. The lowest BCUT2D eigenvalue weighted by Crippen LogP contribution is -2.40. The third-order valence-electron chi connectivity index (χ3n) is 4.00. The predicted molar refractivity (Wildman–Crippen MR) is 99.0 cm³/mol. The second kappa shape index (κ2) is 7.58. The molecule has 0 atom stereocenters. The van der Waals surface area contributed by atoms with Gasteiger partial charge in [-0.1, -0.05) is 11.6 Å². The van der Waals surface area contributed by atoms with E-state index < -0.39 is 0 Å². The predicted octanol–water partition coefficient (Wildman–Crippen LogP) is 3.30. The molecule has 0 radical (unpaired) electrons. The SMILES string of the molecule is CC(=O)c1ccc2c(c1)N(CCC(=O)Nc1ccc(Cl)cc1)C(=O)CO2. The summed E-state index contributed by atoms with van der Waals surface area (Å²) < 4.78 is 5.40. The summed E-state index contributed by atoms with van der Waals surface area (Å²) in [6.45, 7) is 1.55. The Labute approximate surface area is 155 Å².